The van der Waals surface area contributed by atoms with E-state index in [4.69, 9.17) is 4.74 Å². The quantitative estimate of drug-likeness (QED) is 0.715. The molecule has 0 aliphatic carbocycles. The Morgan fingerprint density at radius 2 is 2.09 bits per heavy atom. The van der Waals surface area contributed by atoms with Gasteiger partial charge >= 0.3 is 0 Å². The van der Waals surface area contributed by atoms with Crippen molar-refractivity contribution in [1.82, 2.24) is 29.5 Å². The van der Waals surface area contributed by atoms with E-state index in [1.54, 1.807) is 17.1 Å². The van der Waals surface area contributed by atoms with Gasteiger partial charge in [0.25, 0.3) is 5.56 Å². The Kier molecular flexibility index (Phi) is 6.47. The Bertz CT molecular complexity index is 1010. The average Bonchev–Trinajstić information content (AvgIpc) is 2.82. The molecule has 3 aliphatic heterocycles. The predicted molar refractivity (Wildman–Crippen MR) is 122 cm³/mol. The van der Waals surface area contributed by atoms with Crippen LogP contribution >= 0.6 is 0 Å². The van der Waals surface area contributed by atoms with Gasteiger partial charge in [0.05, 0.1) is 31.1 Å². The maximum atomic E-state index is 12.5. The maximum Gasteiger partial charge on any atom is 0.267 e. The van der Waals surface area contributed by atoms with Crippen LogP contribution in [0.1, 0.15) is 41.8 Å². The summed E-state index contributed by atoms with van der Waals surface area (Å²) in [4.78, 5) is 26.4. The number of fused-ring (bicyclic) bond motifs is 2. The third kappa shape index (κ3) is 4.69. The van der Waals surface area contributed by atoms with Crippen LogP contribution in [0, 0.1) is 0 Å². The summed E-state index contributed by atoms with van der Waals surface area (Å²) >= 11 is 0. The molecule has 1 N–H and O–H groups in total. The predicted octanol–water partition coefficient (Wildman–Crippen LogP) is 1.06. The largest absolute Gasteiger partial charge is 0.376 e. The minimum atomic E-state index is -0.0299. The molecule has 172 valence electrons. The molecule has 9 heteroatoms. The molecule has 1 fully saturated rings. The summed E-state index contributed by atoms with van der Waals surface area (Å²) in [6, 6.07) is 2.13. The number of likely N-dealkylation sites (N-methyl/N-ethyl adjacent to an activating group) is 1. The van der Waals surface area contributed by atoms with E-state index in [0.29, 0.717) is 25.8 Å². The molecule has 3 aliphatic rings. The molecular formula is C23H33N7O2. The molecule has 5 rings (SSSR count). The summed E-state index contributed by atoms with van der Waals surface area (Å²) in [6.07, 6.45) is 7.05. The van der Waals surface area contributed by atoms with Gasteiger partial charge in [-0.2, -0.15) is 5.10 Å². The highest BCUT2D eigenvalue weighted by molar-refractivity contribution is 5.47. The number of aromatic nitrogens is 4. The lowest BCUT2D eigenvalue weighted by molar-refractivity contribution is 0.107. The molecule has 0 saturated carbocycles. The lowest BCUT2D eigenvalue weighted by atomic mass is 10.0. The van der Waals surface area contributed by atoms with E-state index in [1.807, 2.05) is 0 Å². The highest BCUT2D eigenvalue weighted by atomic mass is 16.5. The number of ether oxygens (including phenoxy) is 1. The van der Waals surface area contributed by atoms with Crippen molar-refractivity contribution in [3.8, 4) is 0 Å². The second-order valence-corrected chi connectivity index (χ2v) is 9.18. The summed E-state index contributed by atoms with van der Waals surface area (Å²) in [5, 5.41) is 8.26. The zero-order valence-electron chi connectivity index (χ0n) is 18.9. The van der Waals surface area contributed by atoms with Crippen LogP contribution in [0.3, 0.4) is 0 Å². The zero-order chi connectivity index (χ0) is 21.9. The van der Waals surface area contributed by atoms with E-state index < -0.39 is 0 Å². The smallest absolute Gasteiger partial charge is 0.267 e. The molecule has 0 radical (unpaired) electrons. The van der Waals surface area contributed by atoms with Crippen LogP contribution in [0.5, 0.6) is 0 Å². The molecule has 32 heavy (non-hydrogen) atoms. The average molecular weight is 440 g/mol. The number of nitrogens with one attached hydrogen (secondary N) is 1. The van der Waals surface area contributed by atoms with Gasteiger partial charge < -0.3 is 15.0 Å². The minimum Gasteiger partial charge on any atom is -0.376 e. The SMILES string of the molecule is CN1CCc2ncnc(NCC3CCCCN3CCn3nc4c(cc3=O)COCC4)c2C1. The molecule has 1 saturated heterocycles. The second-order valence-electron chi connectivity index (χ2n) is 9.18. The standard InChI is InChI=1S/C23H33N7O2/c1-28-8-5-21-19(14-28)23(26-16-25-21)24-13-18-4-2-3-7-29(18)9-10-30-22(31)12-17-15-32-11-6-20(17)27-30/h12,16,18H,2-11,13-15H2,1H3,(H,24,25,26). The van der Waals surface area contributed by atoms with Gasteiger partial charge in [0.2, 0.25) is 0 Å². The van der Waals surface area contributed by atoms with Gasteiger partial charge in [0.15, 0.2) is 0 Å². The van der Waals surface area contributed by atoms with Crippen LogP contribution in [-0.4, -0.2) is 75.4 Å². The first-order chi connectivity index (χ1) is 15.7. The van der Waals surface area contributed by atoms with Gasteiger partial charge in [0, 0.05) is 62.3 Å². The van der Waals surface area contributed by atoms with E-state index in [-0.39, 0.29) is 5.56 Å². The van der Waals surface area contributed by atoms with Crippen molar-refractivity contribution in [2.24, 2.45) is 0 Å². The normalized spacial score (nSPS) is 21.7. The molecule has 2 aromatic rings. The van der Waals surface area contributed by atoms with Crippen LogP contribution in [0.2, 0.25) is 0 Å². The number of nitrogens with zero attached hydrogens (tertiary/aromatic N) is 6. The number of hydrogen-bond donors (Lipinski definition) is 1. The van der Waals surface area contributed by atoms with Crippen LogP contribution in [0.25, 0.3) is 0 Å². The van der Waals surface area contributed by atoms with E-state index in [2.05, 4.69) is 37.2 Å². The van der Waals surface area contributed by atoms with Crippen LogP contribution in [0.15, 0.2) is 17.2 Å². The van der Waals surface area contributed by atoms with Crippen molar-refractivity contribution in [3.63, 3.8) is 0 Å². The van der Waals surface area contributed by atoms with Gasteiger partial charge in [-0.3, -0.25) is 9.69 Å². The Balaban J connectivity index is 1.23. The second kappa shape index (κ2) is 9.64. The fourth-order valence-electron chi connectivity index (χ4n) is 5.06. The molecule has 2 aromatic heterocycles. The molecule has 0 bridgehead atoms. The molecule has 0 aromatic carbocycles. The molecule has 1 unspecified atom stereocenters. The van der Waals surface area contributed by atoms with Crippen molar-refractivity contribution in [1.29, 1.82) is 0 Å². The molecular weight excluding hydrogens is 406 g/mol. The third-order valence-corrected chi connectivity index (χ3v) is 6.95. The first kappa shape index (κ1) is 21.5. The topological polar surface area (TPSA) is 88.4 Å². The fourth-order valence-corrected chi connectivity index (χ4v) is 5.06. The summed E-state index contributed by atoms with van der Waals surface area (Å²) in [6.45, 7) is 6.49. The van der Waals surface area contributed by atoms with Crippen molar-refractivity contribution >= 4 is 5.82 Å². The third-order valence-electron chi connectivity index (χ3n) is 6.95. The van der Waals surface area contributed by atoms with Crippen molar-refractivity contribution < 1.29 is 4.74 Å². The molecule has 5 heterocycles. The maximum absolute atomic E-state index is 12.5. The minimum absolute atomic E-state index is 0.0299. The molecule has 1 atom stereocenters. The molecule has 0 amide bonds. The van der Waals surface area contributed by atoms with Crippen molar-refractivity contribution in [2.45, 2.75) is 57.8 Å². The molecule has 0 spiro atoms. The van der Waals surface area contributed by atoms with E-state index in [1.165, 1.54) is 24.1 Å². The van der Waals surface area contributed by atoms with Crippen molar-refractivity contribution in [2.75, 3.05) is 45.2 Å². The molecule has 9 nitrogen and oxygen atoms in total. The summed E-state index contributed by atoms with van der Waals surface area (Å²) in [5.41, 5.74) is 4.32. The Morgan fingerprint density at radius 3 is 3.03 bits per heavy atom. The fraction of sp³-hybridized carbons (Fsp3) is 0.652. The summed E-state index contributed by atoms with van der Waals surface area (Å²) in [5.74, 6) is 0.974. The Hall–Kier alpha value is -2.36. The van der Waals surface area contributed by atoms with Gasteiger partial charge in [0.1, 0.15) is 12.1 Å². The van der Waals surface area contributed by atoms with Gasteiger partial charge in [-0.15, -0.1) is 0 Å². The monoisotopic (exact) mass is 439 g/mol. The number of hydrogen-bond acceptors (Lipinski definition) is 8. The summed E-state index contributed by atoms with van der Waals surface area (Å²) in [7, 11) is 2.15. The highest BCUT2D eigenvalue weighted by Gasteiger charge is 2.24. The van der Waals surface area contributed by atoms with Gasteiger partial charge in [-0.1, -0.05) is 6.42 Å². The number of rotatable bonds is 6. The lowest BCUT2D eigenvalue weighted by Gasteiger charge is -2.36. The van der Waals surface area contributed by atoms with Crippen LogP contribution in [0.4, 0.5) is 5.82 Å². The van der Waals surface area contributed by atoms with Crippen LogP contribution < -0.4 is 10.9 Å². The van der Waals surface area contributed by atoms with E-state index in [9.17, 15) is 4.79 Å². The Labute approximate surface area is 188 Å². The first-order valence-electron chi connectivity index (χ1n) is 11.8. The number of likely N-dealkylation sites (tertiary alicyclic amines) is 1. The van der Waals surface area contributed by atoms with Crippen LogP contribution in [-0.2, 0) is 37.3 Å². The van der Waals surface area contributed by atoms with Gasteiger partial charge in [-0.05, 0) is 26.4 Å². The number of anilines is 1. The van der Waals surface area contributed by atoms with Gasteiger partial charge in [-0.25, -0.2) is 14.6 Å². The Morgan fingerprint density at radius 1 is 1.16 bits per heavy atom. The van der Waals surface area contributed by atoms with Crippen molar-refractivity contribution in [3.05, 3.63) is 45.3 Å². The summed E-state index contributed by atoms with van der Waals surface area (Å²) < 4.78 is 7.09. The van der Waals surface area contributed by atoms with E-state index >= 15 is 0 Å². The first-order valence-corrected chi connectivity index (χ1v) is 11.8. The van der Waals surface area contributed by atoms with E-state index in [0.717, 1.165) is 69.1 Å². The highest BCUT2D eigenvalue weighted by Crippen LogP contribution is 2.23. The number of piperidine rings is 1. The zero-order valence-corrected chi connectivity index (χ0v) is 18.9. The lowest BCUT2D eigenvalue weighted by Crippen LogP contribution is -2.46.